The van der Waals surface area contributed by atoms with E-state index in [1.165, 1.54) is 57.8 Å². The van der Waals surface area contributed by atoms with Gasteiger partial charge < -0.3 is 10.2 Å². The van der Waals surface area contributed by atoms with Gasteiger partial charge in [0.05, 0.1) is 5.69 Å². The largest absolute Gasteiger partial charge is 0.352 e. The van der Waals surface area contributed by atoms with E-state index in [0.717, 1.165) is 17.3 Å². The summed E-state index contributed by atoms with van der Waals surface area (Å²) in [4.78, 5) is 14.7. The first-order valence-corrected chi connectivity index (χ1v) is 10.5. The summed E-state index contributed by atoms with van der Waals surface area (Å²) >= 11 is 0. The molecule has 1 aliphatic heterocycles. The third-order valence-electron chi connectivity index (χ3n) is 4.69. The molecule has 1 heterocycles. The highest BCUT2D eigenvalue weighted by atomic mass is 32.2. The van der Waals surface area contributed by atoms with E-state index < -0.39 is 10.2 Å². The smallest absolute Gasteiger partial charge is 0.303 e. The maximum Gasteiger partial charge on any atom is 0.303 e. The van der Waals surface area contributed by atoms with Crippen molar-refractivity contribution < 1.29 is 13.2 Å². The topological polar surface area (TPSA) is 73.0 Å². The molecule has 0 unspecified atom stereocenters. The molecule has 1 aliphatic rings. The van der Waals surface area contributed by atoms with Crippen molar-refractivity contribution in [1.29, 1.82) is 0 Å². The van der Waals surface area contributed by atoms with Crippen molar-refractivity contribution in [2.24, 2.45) is 0 Å². The quantitative estimate of drug-likeness (QED) is 0.692. The van der Waals surface area contributed by atoms with Crippen molar-refractivity contribution in [3.8, 4) is 0 Å². The van der Waals surface area contributed by atoms with E-state index in [9.17, 15) is 13.2 Å². The highest BCUT2D eigenvalue weighted by Crippen LogP contribution is 2.18. The molecule has 1 saturated heterocycles. The fourth-order valence-electron chi connectivity index (χ4n) is 2.99. The first-order chi connectivity index (χ1) is 12.3. The Morgan fingerprint density at radius 3 is 2.27 bits per heavy atom. The molecule has 7 nitrogen and oxygen atoms in total. The molecule has 0 aromatic heterocycles. The second kappa shape index (κ2) is 9.34. The van der Waals surface area contributed by atoms with Crippen LogP contribution in [0, 0.1) is 0 Å². The monoisotopic (exact) mass is 382 g/mol. The first-order valence-electron chi connectivity index (χ1n) is 9.09. The molecule has 1 aromatic carbocycles. The summed E-state index contributed by atoms with van der Waals surface area (Å²) in [5, 5.41) is 2.93. The number of hydrogen-bond acceptors (Lipinski definition) is 4. The van der Waals surface area contributed by atoms with Gasteiger partial charge in [0.25, 0.3) is 5.91 Å². The number of carbonyl (C=O) groups is 1. The summed E-state index contributed by atoms with van der Waals surface area (Å²) in [6.45, 7) is 4.00. The van der Waals surface area contributed by atoms with Crippen LogP contribution in [-0.4, -0.2) is 70.9 Å². The van der Waals surface area contributed by atoms with Crippen LogP contribution in [0.5, 0.6) is 0 Å². The fourth-order valence-corrected chi connectivity index (χ4v) is 3.87. The minimum atomic E-state index is -3.53. The van der Waals surface area contributed by atoms with Crippen LogP contribution in [0.2, 0.25) is 0 Å². The number of anilines is 1. The SMILES string of the molecule is CN(C)S(=O)(=O)N(C)c1ccc(C(=O)NCCCN2CCCCC2)cc1. The zero-order valence-corrected chi connectivity index (χ0v) is 16.8. The van der Waals surface area contributed by atoms with Gasteiger partial charge in [-0.05, 0) is 63.2 Å². The molecule has 1 amide bonds. The van der Waals surface area contributed by atoms with E-state index in [1.807, 2.05) is 0 Å². The Labute approximate surface area is 157 Å². The van der Waals surface area contributed by atoms with Crippen LogP contribution >= 0.6 is 0 Å². The van der Waals surface area contributed by atoms with Gasteiger partial charge in [0.1, 0.15) is 0 Å². The highest BCUT2D eigenvalue weighted by Gasteiger charge is 2.21. The zero-order chi connectivity index (χ0) is 19.2. The molecule has 1 aromatic rings. The molecule has 0 spiro atoms. The molecule has 0 aliphatic carbocycles. The lowest BCUT2D eigenvalue weighted by atomic mass is 10.1. The Bertz CT molecular complexity index is 683. The van der Waals surface area contributed by atoms with Gasteiger partial charge in [0.15, 0.2) is 0 Å². The van der Waals surface area contributed by atoms with E-state index in [4.69, 9.17) is 0 Å². The van der Waals surface area contributed by atoms with Gasteiger partial charge in [-0.25, -0.2) is 0 Å². The first kappa shape index (κ1) is 20.7. The number of carbonyl (C=O) groups excluding carboxylic acids is 1. The number of nitrogens with one attached hydrogen (secondary N) is 1. The minimum Gasteiger partial charge on any atom is -0.352 e. The van der Waals surface area contributed by atoms with Crippen LogP contribution in [0.25, 0.3) is 0 Å². The lowest BCUT2D eigenvalue weighted by Crippen LogP contribution is -2.37. The van der Waals surface area contributed by atoms with Gasteiger partial charge in [0.2, 0.25) is 0 Å². The second-order valence-electron chi connectivity index (χ2n) is 6.82. The third-order valence-corrected chi connectivity index (χ3v) is 6.51. The summed E-state index contributed by atoms with van der Waals surface area (Å²) in [6, 6.07) is 6.58. The summed E-state index contributed by atoms with van der Waals surface area (Å²) < 4.78 is 26.6. The molecule has 26 heavy (non-hydrogen) atoms. The van der Waals surface area contributed by atoms with Gasteiger partial charge >= 0.3 is 10.2 Å². The third kappa shape index (κ3) is 5.43. The predicted molar refractivity (Wildman–Crippen MR) is 105 cm³/mol. The standard InChI is InChI=1S/C18H30N4O3S/c1-20(2)26(24,25)21(3)17-10-8-16(9-11-17)18(23)19-12-7-15-22-13-5-4-6-14-22/h8-11H,4-7,12-15H2,1-3H3,(H,19,23). The maximum atomic E-state index is 12.2. The van der Waals surface area contributed by atoms with Crippen molar-refractivity contribution in [1.82, 2.24) is 14.5 Å². The molecule has 0 bridgehead atoms. The van der Waals surface area contributed by atoms with Crippen LogP contribution in [0.15, 0.2) is 24.3 Å². The Morgan fingerprint density at radius 2 is 1.69 bits per heavy atom. The Morgan fingerprint density at radius 1 is 1.08 bits per heavy atom. The lowest BCUT2D eigenvalue weighted by Gasteiger charge is -2.26. The van der Waals surface area contributed by atoms with Crippen LogP contribution in [0.3, 0.4) is 0 Å². The average molecular weight is 383 g/mol. The van der Waals surface area contributed by atoms with E-state index in [1.54, 1.807) is 24.3 Å². The molecular weight excluding hydrogens is 352 g/mol. The van der Waals surface area contributed by atoms with Crippen LogP contribution < -0.4 is 9.62 Å². The number of likely N-dealkylation sites (tertiary alicyclic amines) is 1. The number of hydrogen-bond donors (Lipinski definition) is 1. The number of benzene rings is 1. The molecule has 146 valence electrons. The Hall–Kier alpha value is -1.64. The van der Waals surface area contributed by atoms with Gasteiger partial charge in [0, 0.05) is 33.3 Å². The number of nitrogens with zero attached hydrogens (tertiary/aromatic N) is 3. The van der Waals surface area contributed by atoms with E-state index in [2.05, 4.69) is 10.2 Å². The molecule has 8 heteroatoms. The minimum absolute atomic E-state index is 0.131. The van der Waals surface area contributed by atoms with Crippen molar-refractivity contribution in [2.45, 2.75) is 25.7 Å². The van der Waals surface area contributed by atoms with E-state index in [-0.39, 0.29) is 5.91 Å². The lowest BCUT2D eigenvalue weighted by molar-refractivity contribution is 0.0951. The maximum absolute atomic E-state index is 12.2. The van der Waals surface area contributed by atoms with Crippen molar-refractivity contribution in [2.75, 3.05) is 51.6 Å². The van der Waals surface area contributed by atoms with Gasteiger partial charge in [-0.2, -0.15) is 12.7 Å². The average Bonchev–Trinajstić information content (AvgIpc) is 2.65. The van der Waals surface area contributed by atoms with Gasteiger partial charge in [-0.3, -0.25) is 9.10 Å². The summed E-state index contributed by atoms with van der Waals surface area (Å²) in [7, 11) is 0.928. The molecule has 0 saturated carbocycles. The molecule has 1 N–H and O–H groups in total. The van der Waals surface area contributed by atoms with Crippen LogP contribution in [-0.2, 0) is 10.2 Å². The van der Waals surface area contributed by atoms with Crippen molar-refractivity contribution >= 4 is 21.8 Å². The molecule has 1 fully saturated rings. The van der Waals surface area contributed by atoms with Crippen molar-refractivity contribution in [3.63, 3.8) is 0 Å². The van der Waals surface area contributed by atoms with Gasteiger partial charge in [-0.15, -0.1) is 0 Å². The van der Waals surface area contributed by atoms with Crippen molar-refractivity contribution in [3.05, 3.63) is 29.8 Å². The molecule has 0 atom stereocenters. The zero-order valence-electron chi connectivity index (χ0n) is 15.9. The predicted octanol–water partition coefficient (Wildman–Crippen LogP) is 1.54. The van der Waals surface area contributed by atoms with E-state index >= 15 is 0 Å². The van der Waals surface area contributed by atoms with Crippen LogP contribution in [0.4, 0.5) is 5.69 Å². The number of amides is 1. The second-order valence-corrected chi connectivity index (χ2v) is 8.99. The fraction of sp³-hybridized carbons (Fsp3) is 0.611. The highest BCUT2D eigenvalue weighted by molar-refractivity contribution is 7.90. The van der Waals surface area contributed by atoms with E-state index in [0.29, 0.717) is 17.8 Å². The van der Waals surface area contributed by atoms with Gasteiger partial charge in [-0.1, -0.05) is 6.42 Å². The molecular formula is C18H30N4O3S. The summed E-state index contributed by atoms with van der Waals surface area (Å²) in [6.07, 6.45) is 4.81. The Kier molecular flexibility index (Phi) is 7.43. The number of rotatable bonds is 8. The Balaban J connectivity index is 1.82. The summed E-state index contributed by atoms with van der Waals surface area (Å²) in [5.41, 5.74) is 1.04. The molecule has 2 rings (SSSR count). The summed E-state index contributed by atoms with van der Waals surface area (Å²) in [5.74, 6) is -0.131. The normalized spacial score (nSPS) is 15.8. The number of piperidine rings is 1. The molecule has 0 radical (unpaired) electrons. The van der Waals surface area contributed by atoms with Crippen LogP contribution in [0.1, 0.15) is 36.0 Å².